The van der Waals surface area contributed by atoms with Crippen molar-refractivity contribution in [1.29, 1.82) is 0 Å². The number of rotatable bonds is 4. The average molecular weight is 304 g/mol. The minimum absolute atomic E-state index is 0.0973. The zero-order valence-corrected chi connectivity index (χ0v) is 11.4. The first kappa shape index (κ1) is 14.9. The van der Waals surface area contributed by atoms with Crippen molar-refractivity contribution in [2.45, 2.75) is 13.0 Å². The van der Waals surface area contributed by atoms with Crippen molar-refractivity contribution in [3.63, 3.8) is 0 Å². The first-order valence-electron chi connectivity index (χ1n) is 5.97. The molecule has 0 spiro atoms. The van der Waals surface area contributed by atoms with E-state index >= 15 is 0 Å². The molecular formula is C12H14F2N2O3S. The summed E-state index contributed by atoms with van der Waals surface area (Å²) in [6.45, 7) is 0.366. The lowest BCUT2D eigenvalue weighted by Gasteiger charge is -2.16. The van der Waals surface area contributed by atoms with Gasteiger partial charge in [0.2, 0.25) is 15.9 Å². The van der Waals surface area contributed by atoms with Gasteiger partial charge in [0.25, 0.3) is 0 Å². The Hall–Kier alpha value is -1.54. The van der Waals surface area contributed by atoms with Gasteiger partial charge in [-0.15, -0.1) is 0 Å². The summed E-state index contributed by atoms with van der Waals surface area (Å²) in [5, 5.41) is 4.95. The van der Waals surface area contributed by atoms with Gasteiger partial charge in [-0.1, -0.05) is 6.07 Å². The SMILES string of the molecule is NS(=O)(=O)CC1CC(=O)N(Cc2ccc(F)c(F)c2)C1. The van der Waals surface area contributed by atoms with Gasteiger partial charge in [0.15, 0.2) is 11.6 Å². The maximum atomic E-state index is 13.1. The van der Waals surface area contributed by atoms with Crippen molar-refractivity contribution in [1.82, 2.24) is 4.90 Å². The van der Waals surface area contributed by atoms with Crippen molar-refractivity contribution in [3.05, 3.63) is 35.4 Å². The third kappa shape index (κ3) is 3.73. The highest BCUT2D eigenvalue weighted by atomic mass is 32.2. The zero-order chi connectivity index (χ0) is 14.9. The molecule has 1 unspecified atom stereocenters. The number of sulfonamides is 1. The van der Waals surface area contributed by atoms with E-state index in [4.69, 9.17) is 5.14 Å². The van der Waals surface area contributed by atoms with Crippen LogP contribution in [0.4, 0.5) is 8.78 Å². The van der Waals surface area contributed by atoms with Crippen LogP contribution in [0, 0.1) is 17.6 Å². The maximum Gasteiger partial charge on any atom is 0.223 e. The minimum Gasteiger partial charge on any atom is -0.338 e. The molecule has 1 atom stereocenters. The van der Waals surface area contributed by atoms with Gasteiger partial charge in [0.1, 0.15) is 0 Å². The Morgan fingerprint density at radius 2 is 2.00 bits per heavy atom. The second-order valence-electron chi connectivity index (χ2n) is 4.92. The molecule has 1 aliphatic rings. The molecule has 1 saturated heterocycles. The Morgan fingerprint density at radius 3 is 2.60 bits per heavy atom. The summed E-state index contributed by atoms with van der Waals surface area (Å²) in [4.78, 5) is 13.2. The van der Waals surface area contributed by atoms with E-state index in [0.29, 0.717) is 5.56 Å². The third-order valence-electron chi connectivity index (χ3n) is 3.12. The van der Waals surface area contributed by atoms with Crippen LogP contribution in [0.2, 0.25) is 0 Å². The molecule has 0 aromatic heterocycles. The van der Waals surface area contributed by atoms with E-state index in [1.807, 2.05) is 0 Å². The van der Waals surface area contributed by atoms with Gasteiger partial charge < -0.3 is 4.90 Å². The molecule has 1 aromatic carbocycles. The predicted molar refractivity (Wildman–Crippen MR) is 67.9 cm³/mol. The molecule has 0 saturated carbocycles. The van der Waals surface area contributed by atoms with Gasteiger partial charge >= 0.3 is 0 Å². The normalized spacial score (nSPS) is 19.6. The Morgan fingerprint density at radius 1 is 1.30 bits per heavy atom. The quantitative estimate of drug-likeness (QED) is 0.884. The maximum absolute atomic E-state index is 13.1. The van der Waals surface area contributed by atoms with E-state index in [2.05, 4.69) is 0 Å². The second-order valence-corrected chi connectivity index (χ2v) is 6.58. The van der Waals surface area contributed by atoms with E-state index < -0.39 is 21.7 Å². The van der Waals surface area contributed by atoms with Crippen molar-refractivity contribution < 1.29 is 22.0 Å². The Bertz CT molecular complexity index is 634. The zero-order valence-electron chi connectivity index (χ0n) is 10.6. The van der Waals surface area contributed by atoms with Crippen LogP contribution >= 0.6 is 0 Å². The molecule has 2 N–H and O–H groups in total. The number of benzene rings is 1. The molecule has 2 rings (SSSR count). The lowest BCUT2D eigenvalue weighted by Crippen LogP contribution is -2.27. The van der Waals surface area contributed by atoms with E-state index in [1.54, 1.807) is 0 Å². The predicted octanol–water partition coefficient (Wildman–Crippen LogP) is 0.602. The molecule has 1 fully saturated rings. The number of carbonyl (C=O) groups is 1. The van der Waals surface area contributed by atoms with Crippen LogP contribution < -0.4 is 5.14 Å². The molecule has 8 heteroatoms. The number of nitrogens with zero attached hydrogens (tertiary/aromatic N) is 1. The minimum atomic E-state index is -3.63. The number of halogens is 2. The molecule has 1 aliphatic heterocycles. The van der Waals surface area contributed by atoms with Crippen LogP contribution in [-0.2, 0) is 21.4 Å². The number of nitrogens with two attached hydrogens (primary N) is 1. The summed E-state index contributed by atoms with van der Waals surface area (Å²) in [7, 11) is -3.63. The van der Waals surface area contributed by atoms with Crippen LogP contribution in [0.15, 0.2) is 18.2 Å². The highest BCUT2D eigenvalue weighted by molar-refractivity contribution is 7.89. The van der Waals surface area contributed by atoms with Crippen LogP contribution in [-0.4, -0.2) is 31.5 Å². The Labute approximate surface area is 115 Å². The molecule has 0 aliphatic carbocycles. The van der Waals surface area contributed by atoms with Crippen LogP contribution in [0.25, 0.3) is 0 Å². The first-order chi connectivity index (χ1) is 9.24. The highest BCUT2D eigenvalue weighted by Crippen LogP contribution is 2.21. The van der Waals surface area contributed by atoms with Crippen molar-refractivity contribution >= 4 is 15.9 Å². The number of amides is 1. The van der Waals surface area contributed by atoms with Crippen molar-refractivity contribution in [2.24, 2.45) is 11.1 Å². The monoisotopic (exact) mass is 304 g/mol. The van der Waals surface area contributed by atoms with Crippen molar-refractivity contribution in [3.8, 4) is 0 Å². The van der Waals surface area contributed by atoms with Crippen LogP contribution in [0.1, 0.15) is 12.0 Å². The first-order valence-corrected chi connectivity index (χ1v) is 7.68. The van der Waals surface area contributed by atoms with Crippen molar-refractivity contribution in [2.75, 3.05) is 12.3 Å². The highest BCUT2D eigenvalue weighted by Gasteiger charge is 2.31. The molecule has 110 valence electrons. The summed E-state index contributed by atoms with van der Waals surface area (Å²) >= 11 is 0. The summed E-state index contributed by atoms with van der Waals surface area (Å²) in [6.07, 6.45) is 0.0973. The number of likely N-dealkylation sites (tertiary alicyclic amines) is 1. The molecule has 20 heavy (non-hydrogen) atoms. The van der Waals surface area contributed by atoms with Gasteiger partial charge in [-0.2, -0.15) is 0 Å². The fraction of sp³-hybridized carbons (Fsp3) is 0.417. The van der Waals surface area contributed by atoms with E-state index in [1.165, 1.54) is 11.0 Å². The van der Waals surface area contributed by atoms with Gasteiger partial charge in [0, 0.05) is 25.4 Å². The summed E-state index contributed by atoms with van der Waals surface area (Å²) in [6, 6.07) is 3.40. The topological polar surface area (TPSA) is 80.5 Å². The number of primary sulfonamides is 1. The fourth-order valence-corrected chi connectivity index (χ4v) is 3.19. The lowest BCUT2D eigenvalue weighted by molar-refractivity contribution is -0.128. The largest absolute Gasteiger partial charge is 0.338 e. The molecule has 1 aromatic rings. The van der Waals surface area contributed by atoms with Gasteiger partial charge in [-0.3, -0.25) is 4.79 Å². The smallest absolute Gasteiger partial charge is 0.223 e. The second kappa shape index (κ2) is 5.45. The average Bonchev–Trinajstić information content (AvgIpc) is 2.62. The van der Waals surface area contributed by atoms with Gasteiger partial charge in [-0.25, -0.2) is 22.3 Å². The summed E-state index contributed by atoms with van der Waals surface area (Å²) in [5.41, 5.74) is 0.452. The number of carbonyl (C=O) groups excluding carboxylic acids is 1. The molecule has 5 nitrogen and oxygen atoms in total. The van der Waals surface area contributed by atoms with E-state index in [-0.39, 0.29) is 37.1 Å². The fourth-order valence-electron chi connectivity index (χ4n) is 2.31. The molecular weight excluding hydrogens is 290 g/mol. The molecule has 1 heterocycles. The third-order valence-corrected chi connectivity index (χ3v) is 4.06. The Balaban J connectivity index is 2.03. The van der Waals surface area contributed by atoms with Crippen LogP contribution in [0.3, 0.4) is 0 Å². The molecule has 0 radical (unpaired) electrons. The summed E-state index contributed by atoms with van der Waals surface area (Å²) in [5.74, 6) is -2.76. The Kier molecular flexibility index (Phi) is 4.05. The number of hydrogen-bond donors (Lipinski definition) is 1. The van der Waals surface area contributed by atoms with Crippen LogP contribution in [0.5, 0.6) is 0 Å². The number of hydrogen-bond acceptors (Lipinski definition) is 3. The summed E-state index contributed by atoms with van der Waals surface area (Å²) < 4.78 is 47.9. The van der Waals surface area contributed by atoms with Gasteiger partial charge in [0.05, 0.1) is 5.75 Å². The van der Waals surface area contributed by atoms with Gasteiger partial charge in [-0.05, 0) is 17.7 Å². The molecule has 0 bridgehead atoms. The van der Waals surface area contributed by atoms with E-state index in [9.17, 15) is 22.0 Å². The standard InChI is InChI=1S/C12H14F2N2O3S/c13-10-2-1-8(3-11(10)14)5-16-6-9(4-12(16)17)7-20(15,18)19/h1-3,9H,4-7H2,(H2,15,18,19). The molecule has 1 amide bonds. The van der Waals surface area contributed by atoms with E-state index in [0.717, 1.165) is 12.1 Å². The lowest BCUT2D eigenvalue weighted by atomic mass is 10.1.